The van der Waals surface area contributed by atoms with Gasteiger partial charge < -0.3 is 19.3 Å². The Balaban J connectivity index is 0.00000261. The van der Waals surface area contributed by atoms with Crippen molar-refractivity contribution in [3.8, 4) is 11.5 Å². The molecule has 0 N–H and O–H groups in total. The number of aromatic nitrogens is 1. The Morgan fingerprint density at radius 3 is 2.15 bits per heavy atom. The van der Waals surface area contributed by atoms with E-state index in [-0.39, 0.29) is 16.8 Å². The third-order valence-corrected chi connectivity index (χ3v) is 4.08. The summed E-state index contributed by atoms with van der Waals surface area (Å²) in [6.07, 6.45) is 0. The number of nitrogens with zero attached hydrogens (tertiary/aromatic N) is 3. The Kier molecular flexibility index (Phi) is 7.86. The summed E-state index contributed by atoms with van der Waals surface area (Å²) in [5, 5.41) is 2.06. The van der Waals surface area contributed by atoms with Crippen molar-refractivity contribution < 1.29 is 26.3 Å². The van der Waals surface area contributed by atoms with Crippen LogP contribution in [0.2, 0.25) is 0 Å². The summed E-state index contributed by atoms with van der Waals surface area (Å²) in [6, 6.07) is 15.3. The van der Waals surface area contributed by atoms with Crippen LogP contribution in [0, 0.1) is 6.07 Å². The molecule has 1 radical (unpaired) electrons. The minimum atomic E-state index is 0. The molecule has 3 rings (SSSR count). The first-order chi connectivity index (χ1) is 12.5. The van der Waals surface area contributed by atoms with Gasteiger partial charge in [0.1, 0.15) is 12.4 Å². The summed E-state index contributed by atoms with van der Waals surface area (Å²) < 4.78 is 11.6. The van der Waals surface area contributed by atoms with Crippen molar-refractivity contribution in [2.24, 2.45) is 0 Å². The van der Waals surface area contributed by atoms with Gasteiger partial charge in [0, 0.05) is 41.7 Å². The van der Waals surface area contributed by atoms with E-state index in [4.69, 9.17) is 14.5 Å². The molecule has 0 aliphatic heterocycles. The Morgan fingerprint density at radius 1 is 0.852 bits per heavy atom. The molecule has 5 nitrogen and oxygen atoms in total. The van der Waals surface area contributed by atoms with Gasteiger partial charge in [-0.25, -0.2) is 0 Å². The zero-order chi connectivity index (χ0) is 18.5. The molecular formula is C21H26CoN3O2-. The normalized spacial score (nSPS) is 11.2. The SMILES string of the molecule is CN(C)CCOc1c[c-]c2cc3ccc(OCCN(C)C)cc3nc2c1.[Co]. The standard InChI is InChI=1S/C21H26N3O2.Co/c1-23(2)9-11-25-18-7-5-16-13-17-6-8-19(26-12-10-24(3)4)15-21(17)22-20(16)14-18;/h5,7-8,13-15H,9-12H2,1-4H3;/q-1;. The van der Waals surface area contributed by atoms with E-state index in [1.54, 1.807) is 0 Å². The molecular weight excluding hydrogens is 385 g/mol. The second-order valence-electron chi connectivity index (χ2n) is 6.91. The van der Waals surface area contributed by atoms with Crippen molar-refractivity contribution in [3.05, 3.63) is 42.5 Å². The number of pyridine rings is 1. The van der Waals surface area contributed by atoms with Crippen LogP contribution in [0.25, 0.3) is 21.8 Å². The molecule has 0 unspecified atom stereocenters. The van der Waals surface area contributed by atoms with Crippen molar-refractivity contribution in [2.45, 2.75) is 0 Å². The molecule has 0 saturated heterocycles. The third-order valence-electron chi connectivity index (χ3n) is 4.08. The molecule has 0 bridgehead atoms. The number of fused-ring (bicyclic) bond motifs is 2. The first-order valence-electron chi connectivity index (χ1n) is 8.82. The number of hydrogen-bond acceptors (Lipinski definition) is 5. The maximum atomic E-state index is 5.82. The molecule has 6 heteroatoms. The predicted octanol–water partition coefficient (Wildman–Crippen LogP) is 3.07. The molecule has 0 spiro atoms. The number of rotatable bonds is 8. The number of likely N-dealkylation sites (N-methyl/N-ethyl adjacent to an activating group) is 2. The topological polar surface area (TPSA) is 37.8 Å². The fourth-order valence-corrected chi connectivity index (χ4v) is 2.58. The van der Waals surface area contributed by atoms with E-state index in [9.17, 15) is 0 Å². The van der Waals surface area contributed by atoms with Gasteiger partial charge in [0.2, 0.25) is 0 Å². The van der Waals surface area contributed by atoms with E-state index in [2.05, 4.69) is 21.9 Å². The number of hydrogen-bond donors (Lipinski definition) is 0. The number of benzene rings is 2. The van der Waals surface area contributed by atoms with Crippen molar-refractivity contribution in [1.82, 2.24) is 14.8 Å². The van der Waals surface area contributed by atoms with Crippen LogP contribution in [0.5, 0.6) is 11.5 Å². The van der Waals surface area contributed by atoms with E-state index >= 15 is 0 Å². The van der Waals surface area contributed by atoms with Crippen LogP contribution in [-0.2, 0) is 16.8 Å². The zero-order valence-electron chi connectivity index (χ0n) is 16.3. The van der Waals surface area contributed by atoms with Gasteiger partial charge in [0.15, 0.2) is 0 Å². The van der Waals surface area contributed by atoms with Gasteiger partial charge >= 0.3 is 0 Å². The molecule has 147 valence electrons. The first-order valence-corrected chi connectivity index (χ1v) is 8.82. The maximum Gasteiger partial charge on any atom is 0.121 e. The molecule has 0 amide bonds. The summed E-state index contributed by atoms with van der Waals surface area (Å²) in [7, 11) is 8.13. The van der Waals surface area contributed by atoms with Gasteiger partial charge in [0.05, 0.1) is 12.1 Å². The number of ether oxygens (including phenoxy) is 2. The van der Waals surface area contributed by atoms with Crippen LogP contribution >= 0.6 is 0 Å². The second-order valence-corrected chi connectivity index (χ2v) is 6.91. The minimum absolute atomic E-state index is 0. The van der Waals surface area contributed by atoms with Gasteiger partial charge in [-0.05, 0) is 45.2 Å². The third kappa shape index (κ3) is 6.07. The largest absolute Gasteiger partial charge is 0.535 e. The fourth-order valence-electron chi connectivity index (χ4n) is 2.58. The van der Waals surface area contributed by atoms with Gasteiger partial charge in [-0.3, -0.25) is 4.98 Å². The van der Waals surface area contributed by atoms with E-state index in [0.29, 0.717) is 13.2 Å². The molecule has 27 heavy (non-hydrogen) atoms. The van der Waals surface area contributed by atoms with Crippen molar-refractivity contribution in [2.75, 3.05) is 54.5 Å². The second kappa shape index (κ2) is 9.89. The van der Waals surface area contributed by atoms with Crippen LogP contribution in [0.4, 0.5) is 0 Å². The maximum absolute atomic E-state index is 5.82. The predicted molar refractivity (Wildman–Crippen MR) is 106 cm³/mol. The monoisotopic (exact) mass is 411 g/mol. The van der Waals surface area contributed by atoms with Crippen LogP contribution in [0.15, 0.2) is 36.4 Å². The summed E-state index contributed by atoms with van der Waals surface area (Å²) in [6.45, 7) is 3.05. The first kappa shape index (κ1) is 21.4. The van der Waals surface area contributed by atoms with Crippen molar-refractivity contribution >= 4 is 21.8 Å². The van der Waals surface area contributed by atoms with Crippen molar-refractivity contribution in [1.29, 1.82) is 0 Å². The average Bonchev–Trinajstić information content (AvgIpc) is 2.59. The van der Waals surface area contributed by atoms with E-state index in [0.717, 1.165) is 46.4 Å². The van der Waals surface area contributed by atoms with E-state index < -0.39 is 0 Å². The molecule has 1 heterocycles. The van der Waals surface area contributed by atoms with Crippen molar-refractivity contribution in [3.63, 3.8) is 0 Å². The molecule has 3 aromatic rings. The smallest absolute Gasteiger partial charge is 0.121 e. The van der Waals surface area contributed by atoms with Crippen LogP contribution in [0.1, 0.15) is 0 Å². The van der Waals surface area contributed by atoms with Gasteiger partial charge in [-0.15, -0.1) is 23.6 Å². The molecule has 0 fully saturated rings. The minimum Gasteiger partial charge on any atom is -0.535 e. The van der Waals surface area contributed by atoms with E-state index in [1.165, 1.54) is 0 Å². The molecule has 1 aromatic heterocycles. The van der Waals surface area contributed by atoms with Crippen LogP contribution in [-0.4, -0.2) is 69.3 Å². The Bertz CT molecular complexity index is 815. The summed E-state index contributed by atoms with van der Waals surface area (Å²) >= 11 is 0. The molecule has 0 aliphatic carbocycles. The van der Waals surface area contributed by atoms with Crippen LogP contribution < -0.4 is 9.47 Å². The fraction of sp³-hybridized carbons (Fsp3) is 0.381. The zero-order valence-corrected chi connectivity index (χ0v) is 17.3. The van der Waals surface area contributed by atoms with Crippen LogP contribution in [0.3, 0.4) is 0 Å². The molecule has 0 saturated carbocycles. The van der Waals surface area contributed by atoms with Gasteiger partial charge in [0.25, 0.3) is 0 Å². The summed E-state index contributed by atoms with van der Waals surface area (Å²) in [4.78, 5) is 8.96. The van der Waals surface area contributed by atoms with Gasteiger partial charge in [-0.1, -0.05) is 12.1 Å². The quantitative estimate of drug-likeness (QED) is 0.421. The van der Waals surface area contributed by atoms with Gasteiger partial charge in [-0.2, -0.15) is 0 Å². The average molecular weight is 411 g/mol. The summed E-state index contributed by atoms with van der Waals surface area (Å²) in [5.41, 5.74) is 1.80. The Labute approximate surface area is 171 Å². The molecule has 0 atom stereocenters. The Hall–Kier alpha value is -1.86. The molecule has 0 aliphatic rings. The summed E-state index contributed by atoms with van der Waals surface area (Å²) in [5.74, 6) is 1.64. The van der Waals surface area contributed by atoms with E-state index in [1.807, 2.05) is 58.5 Å². The Morgan fingerprint density at radius 2 is 1.48 bits per heavy atom. The molecule has 2 aromatic carbocycles.